The van der Waals surface area contributed by atoms with Gasteiger partial charge in [-0.2, -0.15) is 0 Å². The summed E-state index contributed by atoms with van der Waals surface area (Å²) in [7, 11) is 0. The highest BCUT2D eigenvalue weighted by atomic mass is 32.1. The van der Waals surface area contributed by atoms with E-state index in [9.17, 15) is 4.79 Å². The highest BCUT2D eigenvalue weighted by molar-refractivity contribution is 7.75. The summed E-state index contributed by atoms with van der Waals surface area (Å²) < 4.78 is 4.38. The molecular formula is C11H15N3O2S. The Kier molecular flexibility index (Phi) is 4.39. The standard InChI is InChI=1S/C11H15N3O2S/c1-6-3-7(2)5-8(4-6)9(10(15)16-17)14-11(12)13/h3-5,9,17H,1-2H3,(H4,12,13,14). The van der Waals surface area contributed by atoms with Crippen molar-refractivity contribution < 1.29 is 8.98 Å². The Morgan fingerprint density at radius 1 is 1.29 bits per heavy atom. The van der Waals surface area contributed by atoms with Crippen LogP contribution in [0.25, 0.3) is 0 Å². The molecule has 0 heterocycles. The van der Waals surface area contributed by atoms with Gasteiger partial charge in [-0.3, -0.25) is 0 Å². The molecular weight excluding hydrogens is 238 g/mol. The SMILES string of the molecule is Cc1cc(C)cc(C(N=C(N)N)C(=O)OS)c1. The number of thiol groups is 1. The summed E-state index contributed by atoms with van der Waals surface area (Å²) in [4.78, 5) is 15.4. The average Bonchev–Trinajstić information content (AvgIpc) is 2.23. The summed E-state index contributed by atoms with van der Waals surface area (Å²) in [5, 5.41) is 0. The zero-order valence-corrected chi connectivity index (χ0v) is 10.6. The van der Waals surface area contributed by atoms with Crippen molar-refractivity contribution in [3.05, 3.63) is 34.9 Å². The molecule has 17 heavy (non-hydrogen) atoms. The smallest absolute Gasteiger partial charge is 0.347 e. The maximum absolute atomic E-state index is 11.6. The molecule has 0 aliphatic carbocycles. The van der Waals surface area contributed by atoms with Crippen LogP contribution in [-0.2, 0) is 8.98 Å². The first kappa shape index (κ1) is 13.4. The number of benzene rings is 1. The van der Waals surface area contributed by atoms with Crippen LogP contribution in [0.2, 0.25) is 0 Å². The first-order chi connectivity index (χ1) is 7.93. The number of hydrogen-bond donors (Lipinski definition) is 3. The molecule has 0 aromatic heterocycles. The fraction of sp³-hybridized carbons (Fsp3) is 0.273. The molecule has 1 aromatic rings. The lowest BCUT2D eigenvalue weighted by molar-refractivity contribution is -0.134. The lowest BCUT2D eigenvalue weighted by Crippen LogP contribution is -2.25. The summed E-state index contributed by atoms with van der Waals surface area (Å²) in [6, 6.07) is 4.77. The van der Waals surface area contributed by atoms with Crippen molar-refractivity contribution in [1.82, 2.24) is 0 Å². The third kappa shape index (κ3) is 3.67. The van der Waals surface area contributed by atoms with E-state index in [0.717, 1.165) is 11.1 Å². The topological polar surface area (TPSA) is 90.7 Å². The minimum atomic E-state index is -0.879. The molecule has 0 spiro atoms. The van der Waals surface area contributed by atoms with Crippen LogP contribution in [0.15, 0.2) is 23.2 Å². The van der Waals surface area contributed by atoms with Crippen molar-refractivity contribution in [1.29, 1.82) is 0 Å². The monoisotopic (exact) mass is 253 g/mol. The predicted molar refractivity (Wildman–Crippen MR) is 69.5 cm³/mol. The van der Waals surface area contributed by atoms with Crippen molar-refractivity contribution in [3.63, 3.8) is 0 Å². The first-order valence-electron chi connectivity index (χ1n) is 4.96. The number of carbonyl (C=O) groups is 1. The molecule has 0 saturated carbocycles. The summed E-state index contributed by atoms with van der Waals surface area (Å²) in [5.74, 6) is -0.792. The van der Waals surface area contributed by atoms with Gasteiger partial charge in [-0.15, -0.1) is 0 Å². The Morgan fingerprint density at radius 2 is 1.82 bits per heavy atom. The number of carbonyl (C=O) groups excluding carboxylic acids is 1. The second-order valence-electron chi connectivity index (χ2n) is 3.79. The molecule has 0 aliphatic heterocycles. The van der Waals surface area contributed by atoms with Gasteiger partial charge in [-0.25, -0.2) is 9.79 Å². The summed E-state index contributed by atoms with van der Waals surface area (Å²) in [6.07, 6.45) is 0. The van der Waals surface area contributed by atoms with Gasteiger partial charge in [0, 0.05) is 12.9 Å². The van der Waals surface area contributed by atoms with E-state index >= 15 is 0 Å². The third-order valence-corrected chi connectivity index (χ3v) is 2.33. The molecule has 1 unspecified atom stereocenters. The quantitative estimate of drug-likeness (QED) is 0.324. The molecule has 5 nitrogen and oxygen atoms in total. The van der Waals surface area contributed by atoms with Crippen LogP contribution in [0, 0.1) is 13.8 Å². The molecule has 1 atom stereocenters. The van der Waals surface area contributed by atoms with Gasteiger partial charge < -0.3 is 15.7 Å². The maximum atomic E-state index is 11.6. The second kappa shape index (κ2) is 5.58. The lowest BCUT2D eigenvalue weighted by atomic mass is 10.0. The van der Waals surface area contributed by atoms with Crippen LogP contribution < -0.4 is 11.5 Å². The maximum Gasteiger partial charge on any atom is 0.347 e. The van der Waals surface area contributed by atoms with Crippen LogP contribution in [0.4, 0.5) is 0 Å². The Morgan fingerprint density at radius 3 is 2.24 bits per heavy atom. The van der Waals surface area contributed by atoms with E-state index < -0.39 is 12.0 Å². The van der Waals surface area contributed by atoms with Crippen LogP contribution >= 0.6 is 12.9 Å². The number of nitrogens with zero attached hydrogens (tertiary/aromatic N) is 1. The average molecular weight is 253 g/mol. The van der Waals surface area contributed by atoms with Crippen LogP contribution in [0.1, 0.15) is 22.7 Å². The van der Waals surface area contributed by atoms with Crippen LogP contribution in [-0.4, -0.2) is 11.9 Å². The highest BCUT2D eigenvalue weighted by Crippen LogP contribution is 2.22. The van der Waals surface area contributed by atoms with Gasteiger partial charge in [-0.1, -0.05) is 29.3 Å². The zero-order valence-electron chi connectivity index (χ0n) is 9.68. The summed E-state index contributed by atoms with van der Waals surface area (Å²) in [6.45, 7) is 3.85. The van der Waals surface area contributed by atoms with E-state index in [1.807, 2.05) is 32.0 Å². The molecule has 0 aliphatic rings. The number of rotatable bonds is 3. The number of guanidine groups is 1. The number of aryl methyl sites for hydroxylation is 2. The Hall–Kier alpha value is -1.69. The lowest BCUT2D eigenvalue weighted by Gasteiger charge is -2.12. The Bertz CT molecular complexity index is 436. The molecule has 92 valence electrons. The minimum Gasteiger partial charge on any atom is -0.393 e. The van der Waals surface area contributed by atoms with E-state index in [1.165, 1.54) is 0 Å². The Balaban J connectivity index is 3.21. The summed E-state index contributed by atoms with van der Waals surface area (Å²) in [5.41, 5.74) is 13.3. The van der Waals surface area contributed by atoms with Crippen molar-refractivity contribution in [3.8, 4) is 0 Å². The molecule has 1 aromatic carbocycles. The Labute approximate surface area is 105 Å². The van der Waals surface area contributed by atoms with Gasteiger partial charge in [0.15, 0.2) is 12.0 Å². The highest BCUT2D eigenvalue weighted by Gasteiger charge is 2.21. The van der Waals surface area contributed by atoms with Crippen molar-refractivity contribution in [2.45, 2.75) is 19.9 Å². The van der Waals surface area contributed by atoms with Crippen molar-refractivity contribution in [2.75, 3.05) is 0 Å². The molecule has 4 N–H and O–H groups in total. The van der Waals surface area contributed by atoms with Gasteiger partial charge in [0.25, 0.3) is 0 Å². The molecule has 0 radical (unpaired) electrons. The van der Waals surface area contributed by atoms with Crippen LogP contribution in [0.5, 0.6) is 0 Å². The largest absolute Gasteiger partial charge is 0.393 e. The molecule has 1 rings (SSSR count). The molecule has 0 fully saturated rings. The van der Waals surface area contributed by atoms with E-state index in [2.05, 4.69) is 22.1 Å². The van der Waals surface area contributed by atoms with Gasteiger partial charge in [0.05, 0.1) is 0 Å². The van der Waals surface area contributed by atoms with Gasteiger partial charge in [0.1, 0.15) is 0 Å². The van der Waals surface area contributed by atoms with E-state index in [1.54, 1.807) is 0 Å². The number of nitrogens with two attached hydrogens (primary N) is 2. The third-order valence-electron chi connectivity index (χ3n) is 2.15. The normalized spacial score (nSPS) is 11.7. The minimum absolute atomic E-state index is 0.173. The number of aliphatic imine (C=N–C) groups is 1. The fourth-order valence-electron chi connectivity index (χ4n) is 1.63. The van der Waals surface area contributed by atoms with Crippen LogP contribution in [0.3, 0.4) is 0 Å². The van der Waals surface area contributed by atoms with Crippen molar-refractivity contribution >= 4 is 24.8 Å². The van der Waals surface area contributed by atoms with Gasteiger partial charge >= 0.3 is 5.97 Å². The molecule has 0 bridgehead atoms. The molecule has 6 heteroatoms. The molecule has 0 saturated heterocycles. The fourth-order valence-corrected chi connectivity index (χ4v) is 1.73. The van der Waals surface area contributed by atoms with E-state index in [-0.39, 0.29) is 5.96 Å². The van der Waals surface area contributed by atoms with Crippen molar-refractivity contribution in [2.24, 2.45) is 16.5 Å². The second-order valence-corrected chi connectivity index (χ2v) is 3.97. The summed E-state index contributed by atoms with van der Waals surface area (Å²) >= 11 is 3.48. The van der Waals surface area contributed by atoms with E-state index in [0.29, 0.717) is 5.56 Å². The predicted octanol–water partition coefficient (Wildman–Crippen LogP) is 1.01. The molecule has 0 amide bonds. The zero-order chi connectivity index (χ0) is 13.0. The van der Waals surface area contributed by atoms with Gasteiger partial charge in [0.2, 0.25) is 0 Å². The first-order valence-corrected chi connectivity index (χ1v) is 5.32. The number of hydrogen-bond acceptors (Lipinski definition) is 4. The van der Waals surface area contributed by atoms with Gasteiger partial charge in [-0.05, 0) is 19.4 Å². The van der Waals surface area contributed by atoms with E-state index in [4.69, 9.17) is 11.5 Å².